The second kappa shape index (κ2) is 4.39. The summed E-state index contributed by atoms with van der Waals surface area (Å²) in [7, 11) is 1.66. The number of hydrogen-bond donors (Lipinski definition) is 2. The van der Waals surface area contributed by atoms with Crippen molar-refractivity contribution in [2.45, 2.75) is 19.4 Å². The van der Waals surface area contributed by atoms with E-state index >= 15 is 0 Å². The Morgan fingerprint density at radius 2 is 2.08 bits per heavy atom. The number of hydrogen-bond acceptors (Lipinski definition) is 4. The average Bonchev–Trinajstić information content (AvgIpc) is 1.85. The van der Waals surface area contributed by atoms with Gasteiger partial charge in [0.05, 0.1) is 13.2 Å². The molecule has 0 fully saturated rings. The number of carbonyl (C=O) groups is 1. The Kier molecular flexibility index (Phi) is 4.16. The van der Waals surface area contributed by atoms with Crippen LogP contribution >= 0.6 is 0 Å². The van der Waals surface area contributed by atoms with Gasteiger partial charge in [-0.1, -0.05) is 0 Å². The summed E-state index contributed by atoms with van der Waals surface area (Å²) in [6.07, 6.45) is 0. The van der Waals surface area contributed by atoms with Crippen LogP contribution in [0.2, 0.25) is 0 Å². The zero-order chi connectivity index (χ0) is 9.78. The van der Waals surface area contributed by atoms with Crippen LogP contribution in [0.5, 0.6) is 0 Å². The van der Waals surface area contributed by atoms with Crippen LogP contribution in [0.4, 0.5) is 0 Å². The van der Waals surface area contributed by atoms with E-state index < -0.39 is 11.5 Å². The van der Waals surface area contributed by atoms with E-state index in [1.165, 1.54) is 0 Å². The van der Waals surface area contributed by atoms with E-state index in [1.807, 2.05) is 0 Å². The molecule has 0 aliphatic rings. The van der Waals surface area contributed by atoms with Crippen molar-refractivity contribution < 1.29 is 20.0 Å². The normalized spacial score (nSPS) is 12.1. The van der Waals surface area contributed by atoms with Crippen LogP contribution in [0.25, 0.3) is 0 Å². The first-order valence-electron chi connectivity index (χ1n) is 3.59. The molecule has 0 amide bonds. The Morgan fingerprint density at radius 1 is 1.58 bits per heavy atom. The van der Waals surface area contributed by atoms with Gasteiger partial charge in [0.1, 0.15) is 0 Å². The molecule has 0 aliphatic carbocycles. The molecule has 12 heavy (non-hydrogen) atoms. The van der Waals surface area contributed by atoms with Gasteiger partial charge in [-0.15, -0.1) is 0 Å². The molecule has 0 atom stereocenters. The fourth-order valence-corrected chi connectivity index (χ4v) is 0.685. The number of carboxylic acid groups (broad SMARTS) is 1. The van der Waals surface area contributed by atoms with Gasteiger partial charge in [0, 0.05) is 5.54 Å². The molecule has 0 saturated heterocycles. The first-order chi connectivity index (χ1) is 5.40. The van der Waals surface area contributed by atoms with E-state index in [-0.39, 0.29) is 13.2 Å². The first kappa shape index (κ1) is 11.4. The predicted molar refractivity (Wildman–Crippen MR) is 42.9 cm³/mol. The van der Waals surface area contributed by atoms with Crippen LogP contribution in [0.1, 0.15) is 13.8 Å². The van der Waals surface area contributed by atoms with Crippen molar-refractivity contribution in [3.63, 3.8) is 0 Å². The molecule has 0 rings (SSSR count). The molecular formula is C7H15NO4. The molecule has 0 bridgehead atoms. The summed E-state index contributed by atoms with van der Waals surface area (Å²) in [5.74, 6) is -0.900. The highest BCUT2D eigenvalue weighted by Crippen LogP contribution is 2.11. The number of carboxylic acids is 1. The minimum absolute atomic E-state index is 0.0731. The molecule has 0 unspecified atom stereocenters. The quantitative estimate of drug-likeness (QED) is 0.466. The molecule has 0 heterocycles. The fraction of sp³-hybridized carbons (Fsp3) is 0.857. The Balaban J connectivity index is 4.04. The smallest absolute Gasteiger partial charge is 0.317 e. The van der Waals surface area contributed by atoms with Gasteiger partial charge in [-0.3, -0.25) is 15.0 Å². The van der Waals surface area contributed by atoms with Crippen molar-refractivity contribution in [3.8, 4) is 0 Å². The van der Waals surface area contributed by atoms with Crippen molar-refractivity contribution >= 4 is 5.97 Å². The fourth-order valence-electron chi connectivity index (χ4n) is 0.685. The number of likely N-dealkylation sites (N-methyl/N-ethyl adjacent to an activating group) is 1. The van der Waals surface area contributed by atoms with Gasteiger partial charge in [0.2, 0.25) is 0 Å². The van der Waals surface area contributed by atoms with Crippen molar-refractivity contribution in [2.24, 2.45) is 0 Å². The standard InChI is InChI=1S/C7H15NO4/c1-7(2,5-12-11)8(3)4-6(9)10/h11H,4-5H2,1-3H3,(H,9,10). The lowest BCUT2D eigenvalue weighted by atomic mass is 10.1. The van der Waals surface area contributed by atoms with E-state index in [4.69, 9.17) is 10.4 Å². The van der Waals surface area contributed by atoms with Crippen LogP contribution in [0, 0.1) is 0 Å². The summed E-state index contributed by atoms with van der Waals surface area (Å²) < 4.78 is 0. The Morgan fingerprint density at radius 3 is 2.42 bits per heavy atom. The summed E-state index contributed by atoms with van der Waals surface area (Å²) in [6.45, 7) is 3.57. The molecule has 0 aromatic carbocycles. The predicted octanol–water partition coefficient (Wildman–Crippen LogP) is 0.271. The minimum atomic E-state index is -0.900. The summed E-state index contributed by atoms with van der Waals surface area (Å²) >= 11 is 0. The Bertz CT molecular complexity index is 157. The Hall–Kier alpha value is -0.650. The Labute approximate surface area is 71.5 Å². The highest BCUT2D eigenvalue weighted by molar-refractivity contribution is 5.69. The molecular weight excluding hydrogens is 162 g/mol. The monoisotopic (exact) mass is 177 g/mol. The topological polar surface area (TPSA) is 70.0 Å². The highest BCUT2D eigenvalue weighted by Gasteiger charge is 2.25. The molecule has 0 aliphatic heterocycles. The van der Waals surface area contributed by atoms with Crippen LogP contribution < -0.4 is 0 Å². The van der Waals surface area contributed by atoms with E-state index in [1.54, 1.807) is 25.8 Å². The maximum Gasteiger partial charge on any atom is 0.317 e. The summed E-state index contributed by atoms with van der Waals surface area (Å²) in [6, 6.07) is 0. The van der Waals surface area contributed by atoms with Crippen molar-refractivity contribution in [3.05, 3.63) is 0 Å². The third-order valence-corrected chi connectivity index (χ3v) is 1.82. The number of rotatable bonds is 5. The zero-order valence-electron chi connectivity index (χ0n) is 7.57. The van der Waals surface area contributed by atoms with E-state index in [0.29, 0.717) is 0 Å². The van der Waals surface area contributed by atoms with Gasteiger partial charge in [-0.25, -0.2) is 4.89 Å². The molecule has 72 valence electrons. The average molecular weight is 177 g/mol. The largest absolute Gasteiger partial charge is 0.480 e. The lowest BCUT2D eigenvalue weighted by molar-refractivity contribution is -0.260. The third-order valence-electron chi connectivity index (χ3n) is 1.82. The van der Waals surface area contributed by atoms with Gasteiger partial charge in [-0.2, -0.15) is 0 Å². The first-order valence-corrected chi connectivity index (χ1v) is 3.59. The lowest BCUT2D eigenvalue weighted by Crippen LogP contribution is -2.47. The van der Waals surface area contributed by atoms with Gasteiger partial charge >= 0.3 is 5.97 Å². The molecule has 0 radical (unpaired) electrons. The molecule has 0 aromatic rings. The second-order valence-electron chi connectivity index (χ2n) is 3.34. The van der Waals surface area contributed by atoms with Crippen molar-refractivity contribution in [1.29, 1.82) is 0 Å². The maximum absolute atomic E-state index is 10.3. The van der Waals surface area contributed by atoms with Crippen LogP contribution in [0.15, 0.2) is 0 Å². The van der Waals surface area contributed by atoms with E-state index in [9.17, 15) is 4.79 Å². The van der Waals surface area contributed by atoms with Gasteiger partial charge in [0.25, 0.3) is 0 Å². The van der Waals surface area contributed by atoms with Gasteiger partial charge in [0.15, 0.2) is 0 Å². The molecule has 5 nitrogen and oxygen atoms in total. The molecule has 2 N–H and O–H groups in total. The summed E-state index contributed by atoms with van der Waals surface area (Å²) in [5, 5.41) is 16.7. The van der Waals surface area contributed by atoms with E-state index in [2.05, 4.69) is 4.89 Å². The van der Waals surface area contributed by atoms with Crippen LogP contribution in [-0.4, -0.2) is 47.0 Å². The minimum Gasteiger partial charge on any atom is -0.480 e. The molecule has 5 heteroatoms. The third kappa shape index (κ3) is 3.66. The summed E-state index contributed by atoms with van der Waals surface area (Å²) in [4.78, 5) is 15.9. The van der Waals surface area contributed by atoms with Crippen LogP contribution in [-0.2, 0) is 9.68 Å². The highest BCUT2D eigenvalue weighted by atomic mass is 17.1. The molecule has 0 saturated carbocycles. The van der Waals surface area contributed by atoms with Crippen molar-refractivity contribution in [2.75, 3.05) is 20.2 Å². The number of aliphatic carboxylic acids is 1. The van der Waals surface area contributed by atoms with Gasteiger partial charge < -0.3 is 5.11 Å². The number of nitrogens with zero attached hydrogens (tertiary/aromatic N) is 1. The van der Waals surface area contributed by atoms with E-state index in [0.717, 1.165) is 0 Å². The zero-order valence-corrected chi connectivity index (χ0v) is 7.57. The molecule has 0 spiro atoms. The second-order valence-corrected chi connectivity index (χ2v) is 3.34. The van der Waals surface area contributed by atoms with Crippen molar-refractivity contribution in [1.82, 2.24) is 4.90 Å². The lowest BCUT2D eigenvalue weighted by Gasteiger charge is -2.32. The maximum atomic E-state index is 10.3. The van der Waals surface area contributed by atoms with Crippen LogP contribution in [0.3, 0.4) is 0 Å². The summed E-state index contributed by atoms with van der Waals surface area (Å²) in [5.41, 5.74) is -0.479. The molecule has 0 aromatic heterocycles. The van der Waals surface area contributed by atoms with Gasteiger partial charge in [-0.05, 0) is 20.9 Å². The SMILES string of the molecule is CN(CC(=O)O)C(C)(C)COO.